The summed E-state index contributed by atoms with van der Waals surface area (Å²) in [6, 6.07) is 9.96. The molecule has 0 radical (unpaired) electrons. The van der Waals surface area contributed by atoms with Crippen LogP contribution in [0, 0.1) is 0 Å². The van der Waals surface area contributed by atoms with E-state index in [1.807, 2.05) is 49.8 Å². The molecule has 124 valence electrons. The lowest BCUT2D eigenvalue weighted by Gasteiger charge is -1.98. The van der Waals surface area contributed by atoms with Crippen LogP contribution in [0.25, 0.3) is 11.3 Å². The molecule has 0 saturated carbocycles. The van der Waals surface area contributed by atoms with Crippen LogP contribution in [0.2, 0.25) is 0 Å². The number of hydrogen-bond donors (Lipinski definition) is 1. The number of nitrogens with one attached hydrogen (secondary N) is 1. The molecule has 0 fully saturated rings. The second-order valence-electron chi connectivity index (χ2n) is 5.04. The Bertz CT molecular complexity index is 816. The van der Waals surface area contributed by atoms with Gasteiger partial charge in [0.1, 0.15) is 0 Å². The van der Waals surface area contributed by atoms with E-state index >= 15 is 0 Å². The summed E-state index contributed by atoms with van der Waals surface area (Å²) < 4.78 is 5.88. The Morgan fingerprint density at radius 2 is 2.17 bits per heavy atom. The zero-order valence-electron chi connectivity index (χ0n) is 13.2. The van der Waals surface area contributed by atoms with Crippen LogP contribution in [0.3, 0.4) is 0 Å². The summed E-state index contributed by atoms with van der Waals surface area (Å²) in [5, 5.41) is 10.1. The average Bonchev–Trinajstić information content (AvgIpc) is 3.23. The van der Waals surface area contributed by atoms with Gasteiger partial charge in [-0.25, -0.2) is 4.98 Å². The molecular weight excluding hydrogens is 346 g/mol. The number of aromatic nitrogens is 3. The first-order valence-electron chi connectivity index (χ1n) is 7.11. The minimum absolute atomic E-state index is 0.168. The van der Waals surface area contributed by atoms with Crippen LogP contribution in [0.5, 0.6) is 0 Å². The van der Waals surface area contributed by atoms with Crippen LogP contribution in [-0.2, 0) is 4.79 Å². The van der Waals surface area contributed by atoms with E-state index < -0.39 is 0 Å². The average molecular weight is 362 g/mol. The summed E-state index contributed by atoms with van der Waals surface area (Å²) in [5.74, 6) is 0.390. The SMILES string of the molecule is CN(C)[n+]1cc(NC(=O)CSc2nc(-c3ccccc3)cs2)on1. The van der Waals surface area contributed by atoms with Gasteiger partial charge in [0.2, 0.25) is 11.2 Å². The number of carbonyl (C=O) groups excluding carboxylic acids is 1. The van der Waals surface area contributed by atoms with Gasteiger partial charge < -0.3 is 0 Å². The molecule has 1 N–H and O–H groups in total. The molecule has 0 unspecified atom stereocenters. The maximum atomic E-state index is 12.0. The maximum Gasteiger partial charge on any atom is 0.305 e. The van der Waals surface area contributed by atoms with Crippen molar-refractivity contribution in [1.82, 2.24) is 10.3 Å². The lowest BCUT2D eigenvalue weighted by molar-refractivity contribution is -0.753. The fourth-order valence-electron chi connectivity index (χ4n) is 1.85. The first kappa shape index (κ1) is 16.5. The van der Waals surface area contributed by atoms with Crippen molar-refractivity contribution in [3.63, 3.8) is 0 Å². The number of thioether (sulfide) groups is 1. The predicted octanol–water partition coefficient (Wildman–Crippen LogP) is 2.01. The molecule has 0 aliphatic carbocycles. The lowest BCUT2D eigenvalue weighted by atomic mass is 10.2. The van der Waals surface area contributed by atoms with Crippen molar-refractivity contribution in [3.05, 3.63) is 41.9 Å². The number of benzene rings is 1. The van der Waals surface area contributed by atoms with E-state index in [0.29, 0.717) is 5.88 Å². The number of nitrogens with zero attached hydrogens (tertiary/aromatic N) is 4. The van der Waals surface area contributed by atoms with Crippen molar-refractivity contribution >= 4 is 34.9 Å². The second-order valence-corrected chi connectivity index (χ2v) is 7.12. The summed E-state index contributed by atoms with van der Waals surface area (Å²) in [6.45, 7) is 0. The van der Waals surface area contributed by atoms with Gasteiger partial charge in [-0.3, -0.25) is 14.6 Å². The highest BCUT2D eigenvalue weighted by molar-refractivity contribution is 8.01. The third-order valence-corrected chi connectivity index (χ3v) is 5.03. The van der Waals surface area contributed by atoms with Gasteiger partial charge in [-0.2, -0.15) is 5.01 Å². The van der Waals surface area contributed by atoms with Crippen molar-refractivity contribution in [2.75, 3.05) is 30.2 Å². The van der Waals surface area contributed by atoms with Crippen molar-refractivity contribution in [1.29, 1.82) is 0 Å². The standard InChI is InChI=1S/C15H15N5O2S2/c1-19(2)20-8-14(22-18-20)17-13(21)10-24-15-16-12(9-23-15)11-6-4-3-5-7-11/h3-9H,10H2,1-2H3/p+1. The number of carbonyl (C=O) groups is 1. The molecule has 0 atom stereocenters. The van der Waals surface area contributed by atoms with Gasteiger partial charge in [-0.1, -0.05) is 42.1 Å². The highest BCUT2D eigenvalue weighted by atomic mass is 32.2. The zero-order valence-corrected chi connectivity index (χ0v) is 14.8. The van der Waals surface area contributed by atoms with E-state index in [-0.39, 0.29) is 11.7 Å². The fraction of sp³-hybridized carbons (Fsp3) is 0.200. The van der Waals surface area contributed by atoms with Crippen LogP contribution >= 0.6 is 23.1 Å². The van der Waals surface area contributed by atoms with Gasteiger partial charge in [0, 0.05) is 10.9 Å². The minimum atomic E-state index is -0.168. The Hall–Kier alpha value is -2.39. The highest BCUT2D eigenvalue weighted by Gasteiger charge is 2.16. The number of anilines is 1. The fourth-order valence-corrected chi connectivity index (χ4v) is 3.48. The molecule has 0 spiro atoms. The minimum Gasteiger partial charge on any atom is -0.288 e. The molecule has 2 heterocycles. The predicted molar refractivity (Wildman–Crippen MR) is 93.7 cm³/mol. The molecule has 9 heteroatoms. The zero-order chi connectivity index (χ0) is 16.9. The van der Waals surface area contributed by atoms with Crippen LogP contribution in [0.15, 0.2) is 50.8 Å². The highest BCUT2D eigenvalue weighted by Crippen LogP contribution is 2.28. The molecule has 0 aliphatic rings. The molecule has 7 nitrogen and oxygen atoms in total. The molecule has 0 saturated heterocycles. The lowest BCUT2D eigenvalue weighted by Crippen LogP contribution is -2.53. The quantitative estimate of drug-likeness (QED) is 0.534. The Labute approximate surface area is 147 Å². The van der Waals surface area contributed by atoms with E-state index in [9.17, 15) is 4.79 Å². The number of amides is 1. The van der Waals surface area contributed by atoms with Crippen molar-refractivity contribution < 1.29 is 14.1 Å². The van der Waals surface area contributed by atoms with E-state index in [0.717, 1.165) is 15.6 Å². The maximum absolute atomic E-state index is 12.0. The van der Waals surface area contributed by atoms with E-state index in [2.05, 4.69) is 15.6 Å². The summed E-state index contributed by atoms with van der Waals surface area (Å²) in [5.41, 5.74) is 1.99. The molecular formula is C15H16N5O2S2+. The van der Waals surface area contributed by atoms with Crippen LogP contribution < -0.4 is 15.1 Å². The Morgan fingerprint density at radius 3 is 2.88 bits per heavy atom. The first-order valence-corrected chi connectivity index (χ1v) is 8.98. The van der Waals surface area contributed by atoms with E-state index in [4.69, 9.17) is 4.52 Å². The van der Waals surface area contributed by atoms with Gasteiger partial charge in [0.25, 0.3) is 6.20 Å². The van der Waals surface area contributed by atoms with E-state index in [1.165, 1.54) is 27.9 Å². The van der Waals surface area contributed by atoms with Crippen molar-refractivity contribution in [2.24, 2.45) is 0 Å². The number of hydrogen-bond acceptors (Lipinski definition) is 7. The normalized spacial score (nSPS) is 10.6. The Balaban J connectivity index is 1.54. The topological polar surface area (TPSA) is 75.1 Å². The largest absolute Gasteiger partial charge is 0.305 e. The van der Waals surface area contributed by atoms with Crippen LogP contribution in [-0.4, -0.2) is 36.0 Å². The molecule has 1 amide bonds. The molecule has 3 aromatic rings. The molecule has 0 aliphatic heterocycles. The summed E-state index contributed by atoms with van der Waals surface area (Å²) >= 11 is 2.92. The van der Waals surface area contributed by atoms with Gasteiger partial charge in [-0.15, -0.1) is 11.3 Å². The van der Waals surface area contributed by atoms with Crippen molar-refractivity contribution in [2.45, 2.75) is 4.34 Å². The molecule has 0 bridgehead atoms. The second kappa shape index (κ2) is 7.45. The molecule has 3 rings (SSSR count). The first-order chi connectivity index (χ1) is 11.6. The molecule has 1 aromatic carbocycles. The third kappa shape index (κ3) is 4.12. The Morgan fingerprint density at radius 1 is 1.38 bits per heavy atom. The van der Waals surface area contributed by atoms with Gasteiger partial charge in [-0.05, 0) is 0 Å². The van der Waals surface area contributed by atoms with Crippen LogP contribution in [0.4, 0.5) is 5.88 Å². The Kier molecular flexibility index (Phi) is 5.11. The number of thiazole rings is 1. The van der Waals surface area contributed by atoms with Crippen LogP contribution in [0.1, 0.15) is 0 Å². The summed E-state index contributed by atoms with van der Waals surface area (Å²) in [7, 11) is 3.63. The van der Waals surface area contributed by atoms with Gasteiger partial charge in [0.05, 0.1) is 30.3 Å². The molecule has 24 heavy (non-hydrogen) atoms. The van der Waals surface area contributed by atoms with Gasteiger partial charge in [0.15, 0.2) is 4.34 Å². The molecule has 2 aromatic heterocycles. The monoisotopic (exact) mass is 362 g/mol. The smallest absolute Gasteiger partial charge is 0.288 e. The van der Waals surface area contributed by atoms with E-state index in [1.54, 1.807) is 11.2 Å². The number of rotatable bonds is 6. The van der Waals surface area contributed by atoms with Gasteiger partial charge >= 0.3 is 5.88 Å². The summed E-state index contributed by atoms with van der Waals surface area (Å²) in [6.07, 6.45) is 1.60. The van der Waals surface area contributed by atoms with Crippen molar-refractivity contribution in [3.8, 4) is 11.3 Å². The third-order valence-electron chi connectivity index (χ3n) is 3.01. The summed E-state index contributed by atoms with van der Waals surface area (Å²) in [4.78, 5) is 18.0.